The largest absolute Gasteiger partial charge is 0.0802 e. The van der Waals surface area contributed by atoms with Crippen LogP contribution in [0.2, 0.25) is 13.1 Å². The van der Waals surface area contributed by atoms with Crippen LogP contribution in [0, 0.1) is 0 Å². The molecule has 0 aromatic heterocycles. The van der Waals surface area contributed by atoms with Gasteiger partial charge in [0.05, 0.1) is 8.80 Å². The maximum absolute atomic E-state index is 2.48. The van der Waals surface area contributed by atoms with Gasteiger partial charge in [0.1, 0.15) is 0 Å². The summed E-state index contributed by atoms with van der Waals surface area (Å²) >= 11 is 0. The predicted molar refractivity (Wildman–Crippen MR) is 98.4 cm³/mol. The molecule has 0 aliphatic heterocycles. The molecule has 0 spiro atoms. The Balaban J connectivity index is 1.85. The van der Waals surface area contributed by atoms with E-state index in [9.17, 15) is 0 Å². The minimum atomic E-state index is -0.686. The van der Waals surface area contributed by atoms with Gasteiger partial charge in [-0.2, -0.15) is 0 Å². The summed E-state index contributed by atoms with van der Waals surface area (Å²) in [6.07, 6.45) is 21.8. The van der Waals surface area contributed by atoms with Crippen LogP contribution in [0.5, 0.6) is 0 Å². The highest BCUT2D eigenvalue weighted by Gasteiger charge is 2.20. The lowest BCUT2D eigenvalue weighted by Gasteiger charge is -2.15. The van der Waals surface area contributed by atoms with E-state index in [1.165, 1.54) is 51.4 Å². The molecule has 0 saturated heterocycles. The smallest absolute Gasteiger partial charge is 0.0651 e. The van der Waals surface area contributed by atoms with E-state index in [1.807, 2.05) is 0 Å². The fourth-order valence-electron chi connectivity index (χ4n) is 3.54. The van der Waals surface area contributed by atoms with Crippen LogP contribution < -0.4 is 0 Å². The van der Waals surface area contributed by atoms with E-state index in [4.69, 9.17) is 0 Å². The highest BCUT2D eigenvalue weighted by Crippen LogP contribution is 2.36. The summed E-state index contributed by atoms with van der Waals surface area (Å²) in [5.74, 6) is 0. The van der Waals surface area contributed by atoms with E-state index >= 15 is 0 Å². The fraction of sp³-hybridized carbons (Fsp3) is 0.600. The number of hydrogen-bond donors (Lipinski definition) is 0. The number of hydrogen-bond acceptors (Lipinski definition) is 0. The average Bonchev–Trinajstić information content (AvgIpc) is 3.10. The van der Waals surface area contributed by atoms with Crippen molar-refractivity contribution in [2.75, 3.05) is 0 Å². The molecule has 0 N–H and O–H groups in total. The zero-order valence-electron chi connectivity index (χ0n) is 14.3. The molecule has 0 heterocycles. The van der Waals surface area contributed by atoms with Crippen LogP contribution >= 0.6 is 0 Å². The van der Waals surface area contributed by atoms with Crippen molar-refractivity contribution in [3.8, 4) is 0 Å². The van der Waals surface area contributed by atoms with Crippen molar-refractivity contribution < 1.29 is 0 Å². The van der Waals surface area contributed by atoms with Gasteiger partial charge in [-0.1, -0.05) is 81.6 Å². The summed E-state index contributed by atoms with van der Waals surface area (Å²) in [6.45, 7) is 7.20. The zero-order valence-corrected chi connectivity index (χ0v) is 15.4. The highest BCUT2D eigenvalue weighted by atomic mass is 28.3. The summed E-state index contributed by atoms with van der Waals surface area (Å²) in [5.41, 5.74) is 4.94. The van der Waals surface area contributed by atoms with Crippen LogP contribution in [0.15, 0.2) is 46.2 Å². The third-order valence-corrected chi connectivity index (χ3v) is 6.53. The Morgan fingerprint density at radius 3 is 2.52 bits per heavy atom. The summed E-state index contributed by atoms with van der Waals surface area (Å²) in [4.78, 5) is 0. The first kappa shape index (κ1) is 16.5. The van der Waals surface area contributed by atoms with Gasteiger partial charge in [0.2, 0.25) is 0 Å². The molecule has 2 aliphatic rings. The molecule has 0 fully saturated rings. The van der Waals surface area contributed by atoms with Crippen molar-refractivity contribution in [2.45, 2.75) is 77.8 Å². The van der Waals surface area contributed by atoms with E-state index in [0.29, 0.717) is 0 Å². The van der Waals surface area contributed by atoms with Crippen molar-refractivity contribution in [3.63, 3.8) is 0 Å². The lowest BCUT2D eigenvalue weighted by molar-refractivity contribution is 0.607. The van der Waals surface area contributed by atoms with E-state index < -0.39 is 8.80 Å². The first-order chi connectivity index (χ1) is 10.2. The molecule has 21 heavy (non-hydrogen) atoms. The molecule has 0 aromatic carbocycles. The third kappa shape index (κ3) is 4.57. The summed E-state index contributed by atoms with van der Waals surface area (Å²) < 4.78 is 0. The maximum atomic E-state index is 2.48. The molecule has 0 nitrogen and oxygen atoms in total. The Morgan fingerprint density at radius 1 is 1.00 bits per heavy atom. The van der Waals surface area contributed by atoms with E-state index in [2.05, 4.69) is 44.3 Å². The lowest BCUT2D eigenvalue weighted by Crippen LogP contribution is -2.06. The van der Waals surface area contributed by atoms with Crippen molar-refractivity contribution in [1.29, 1.82) is 0 Å². The van der Waals surface area contributed by atoms with Gasteiger partial charge in [-0.05, 0) is 42.4 Å². The Bertz CT molecular complexity index is 460. The minimum absolute atomic E-state index is 0.686. The molecule has 1 heteroatoms. The third-order valence-electron chi connectivity index (χ3n) is 4.75. The normalized spacial score (nSPS) is 17.9. The Hall–Kier alpha value is -0.823. The van der Waals surface area contributed by atoms with Gasteiger partial charge < -0.3 is 0 Å². The minimum Gasteiger partial charge on any atom is -0.0802 e. The summed E-state index contributed by atoms with van der Waals surface area (Å²) in [5, 5.41) is 1.71. The van der Waals surface area contributed by atoms with Gasteiger partial charge in [-0.25, -0.2) is 0 Å². The van der Waals surface area contributed by atoms with Crippen molar-refractivity contribution in [1.82, 2.24) is 0 Å². The van der Waals surface area contributed by atoms with Gasteiger partial charge in [-0.15, -0.1) is 0 Å². The monoisotopic (exact) mass is 300 g/mol. The molecule has 0 radical (unpaired) electrons. The predicted octanol–water partition coefficient (Wildman–Crippen LogP) is 6.28. The number of rotatable bonds is 9. The van der Waals surface area contributed by atoms with Gasteiger partial charge in [0.25, 0.3) is 0 Å². The average molecular weight is 301 g/mol. The van der Waals surface area contributed by atoms with Gasteiger partial charge >= 0.3 is 0 Å². The zero-order chi connectivity index (χ0) is 15.1. The topological polar surface area (TPSA) is 0 Å². The van der Waals surface area contributed by atoms with E-state index in [1.54, 1.807) is 21.9 Å². The quantitative estimate of drug-likeness (QED) is 0.347. The van der Waals surface area contributed by atoms with Crippen LogP contribution in [-0.4, -0.2) is 8.80 Å². The molecule has 0 unspecified atom stereocenters. The highest BCUT2D eigenvalue weighted by molar-refractivity contribution is 6.65. The molecule has 0 aromatic rings. The molecule has 0 amide bonds. The van der Waals surface area contributed by atoms with Gasteiger partial charge in [0, 0.05) is 0 Å². The molecular formula is C20H32Si. The number of allylic oxidation sites excluding steroid dienone is 8. The molecule has 0 bridgehead atoms. The fourth-order valence-corrected chi connectivity index (χ4v) is 5.03. The second kappa shape index (κ2) is 8.58. The SMILES string of the molecule is CCCCCCCCC1=CCC=C1C1=C([SiH](C)C)C=CC1. The van der Waals surface area contributed by atoms with Crippen LogP contribution in [-0.2, 0) is 0 Å². The second-order valence-corrected chi connectivity index (χ2v) is 9.73. The molecule has 116 valence electrons. The summed E-state index contributed by atoms with van der Waals surface area (Å²) in [6, 6.07) is 0. The van der Waals surface area contributed by atoms with Gasteiger partial charge in [0.15, 0.2) is 0 Å². The molecule has 2 aliphatic carbocycles. The van der Waals surface area contributed by atoms with Crippen molar-refractivity contribution in [3.05, 3.63) is 46.2 Å². The first-order valence-electron chi connectivity index (χ1n) is 9.03. The number of unbranched alkanes of at least 4 members (excludes halogenated alkanes) is 5. The molecular weight excluding hydrogens is 268 g/mol. The van der Waals surface area contributed by atoms with Crippen molar-refractivity contribution in [2.24, 2.45) is 0 Å². The van der Waals surface area contributed by atoms with E-state index in [-0.39, 0.29) is 0 Å². The Morgan fingerprint density at radius 2 is 1.76 bits per heavy atom. The van der Waals surface area contributed by atoms with Crippen LogP contribution in [0.25, 0.3) is 0 Å². The lowest BCUT2D eigenvalue weighted by atomic mass is 9.95. The van der Waals surface area contributed by atoms with Crippen molar-refractivity contribution >= 4 is 8.80 Å². The van der Waals surface area contributed by atoms with Crippen LogP contribution in [0.4, 0.5) is 0 Å². The van der Waals surface area contributed by atoms with Crippen LogP contribution in [0.1, 0.15) is 64.7 Å². The summed E-state index contributed by atoms with van der Waals surface area (Å²) in [7, 11) is -0.686. The second-order valence-electron chi connectivity index (χ2n) is 6.80. The Kier molecular flexibility index (Phi) is 6.76. The van der Waals surface area contributed by atoms with Gasteiger partial charge in [-0.3, -0.25) is 0 Å². The molecule has 2 rings (SSSR count). The Labute approximate surface area is 133 Å². The standard InChI is InChI=1S/C20H32Si/c1-4-5-6-7-8-9-12-17-13-10-14-18(17)19-15-11-16-20(19)21(2)3/h11,13-14,16,21H,4-10,12,15H2,1-3H3. The molecule has 0 saturated carbocycles. The first-order valence-corrected chi connectivity index (χ1v) is 11.9. The molecule has 0 atom stereocenters. The maximum Gasteiger partial charge on any atom is 0.0651 e. The van der Waals surface area contributed by atoms with E-state index in [0.717, 1.165) is 6.42 Å². The van der Waals surface area contributed by atoms with Crippen LogP contribution in [0.3, 0.4) is 0 Å².